The van der Waals surface area contributed by atoms with Gasteiger partial charge in [-0.05, 0) is 18.2 Å². The standard InChI is InChI=1S/C14H12ClN3O/c1-19-12-7-3-2-5-10(12)9-13-16-14-11(15)6-4-8-18(14)17-13/h2-8H,9H2,1H3. The molecule has 0 saturated carbocycles. The molecule has 19 heavy (non-hydrogen) atoms. The summed E-state index contributed by atoms with van der Waals surface area (Å²) in [5, 5.41) is 5.01. The Balaban J connectivity index is 1.99. The van der Waals surface area contributed by atoms with Crippen molar-refractivity contribution in [2.75, 3.05) is 7.11 Å². The fourth-order valence-corrected chi connectivity index (χ4v) is 2.21. The first kappa shape index (κ1) is 12.0. The molecule has 0 unspecified atom stereocenters. The zero-order chi connectivity index (χ0) is 13.2. The topological polar surface area (TPSA) is 39.4 Å². The highest BCUT2D eigenvalue weighted by Gasteiger charge is 2.09. The summed E-state index contributed by atoms with van der Waals surface area (Å²) >= 11 is 6.08. The molecule has 0 bridgehead atoms. The van der Waals surface area contributed by atoms with Crippen LogP contribution in [0.2, 0.25) is 5.02 Å². The first-order chi connectivity index (χ1) is 9.28. The minimum atomic E-state index is 0.598. The van der Waals surface area contributed by atoms with Gasteiger partial charge in [0, 0.05) is 18.2 Å². The lowest BCUT2D eigenvalue weighted by Gasteiger charge is -2.05. The van der Waals surface area contributed by atoms with Gasteiger partial charge in [0.25, 0.3) is 0 Å². The normalized spacial score (nSPS) is 10.8. The van der Waals surface area contributed by atoms with Crippen molar-refractivity contribution in [3.8, 4) is 5.75 Å². The number of hydrogen-bond acceptors (Lipinski definition) is 3. The third kappa shape index (κ3) is 2.27. The Kier molecular flexibility index (Phi) is 3.09. The van der Waals surface area contributed by atoms with Gasteiger partial charge in [0.15, 0.2) is 11.5 Å². The maximum Gasteiger partial charge on any atom is 0.174 e. The molecule has 3 aromatic rings. The van der Waals surface area contributed by atoms with E-state index in [1.165, 1.54) is 0 Å². The molecule has 96 valence electrons. The van der Waals surface area contributed by atoms with Crippen molar-refractivity contribution in [2.45, 2.75) is 6.42 Å². The Hall–Kier alpha value is -2.07. The van der Waals surface area contributed by atoms with Crippen molar-refractivity contribution in [1.29, 1.82) is 0 Å². The monoisotopic (exact) mass is 273 g/mol. The van der Waals surface area contributed by atoms with Crippen LogP contribution in [0, 0.1) is 0 Å². The molecule has 0 aliphatic rings. The van der Waals surface area contributed by atoms with Gasteiger partial charge in [0.05, 0.1) is 12.1 Å². The second-order valence-corrected chi connectivity index (χ2v) is 4.55. The highest BCUT2D eigenvalue weighted by Crippen LogP contribution is 2.21. The second-order valence-electron chi connectivity index (χ2n) is 4.14. The van der Waals surface area contributed by atoms with Gasteiger partial charge in [-0.15, -0.1) is 0 Å². The Morgan fingerprint density at radius 3 is 2.84 bits per heavy atom. The summed E-state index contributed by atoms with van der Waals surface area (Å²) in [5.74, 6) is 1.56. The van der Waals surface area contributed by atoms with Gasteiger partial charge in [-0.2, -0.15) is 5.10 Å². The van der Waals surface area contributed by atoms with Crippen LogP contribution in [0.1, 0.15) is 11.4 Å². The molecule has 0 atom stereocenters. The summed E-state index contributed by atoms with van der Waals surface area (Å²) in [6.45, 7) is 0. The van der Waals surface area contributed by atoms with Crippen molar-refractivity contribution in [3.63, 3.8) is 0 Å². The fraction of sp³-hybridized carbons (Fsp3) is 0.143. The number of para-hydroxylation sites is 1. The Bertz CT molecular complexity index is 724. The molecular formula is C14H12ClN3O. The van der Waals surface area contributed by atoms with E-state index in [-0.39, 0.29) is 0 Å². The molecule has 2 heterocycles. The van der Waals surface area contributed by atoms with Gasteiger partial charge < -0.3 is 4.74 Å². The first-order valence-corrected chi connectivity index (χ1v) is 6.27. The van der Waals surface area contributed by atoms with Crippen LogP contribution in [0.25, 0.3) is 5.65 Å². The molecule has 0 fully saturated rings. The average molecular weight is 274 g/mol. The van der Waals surface area contributed by atoms with Gasteiger partial charge in [0.2, 0.25) is 0 Å². The minimum absolute atomic E-state index is 0.598. The Labute approximate surface area is 115 Å². The molecule has 0 aliphatic heterocycles. The first-order valence-electron chi connectivity index (χ1n) is 5.89. The van der Waals surface area contributed by atoms with Crippen LogP contribution in [0.4, 0.5) is 0 Å². The lowest BCUT2D eigenvalue weighted by molar-refractivity contribution is 0.410. The van der Waals surface area contributed by atoms with E-state index in [0.717, 1.165) is 17.1 Å². The zero-order valence-electron chi connectivity index (χ0n) is 10.4. The molecule has 2 aromatic heterocycles. The number of fused-ring (bicyclic) bond motifs is 1. The van der Waals surface area contributed by atoms with E-state index in [4.69, 9.17) is 16.3 Å². The Morgan fingerprint density at radius 2 is 2.05 bits per heavy atom. The Morgan fingerprint density at radius 1 is 1.21 bits per heavy atom. The van der Waals surface area contributed by atoms with Crippen LogP contribution in [0.3, 0.4) is 0 Å². The van der Waals surface area contributed by atoms with Gasteiger partial charge in [0.1, 0.15) is 5.75 Å². The van der Waals surface area contributed by atoms with Crippen LogP contribution in [0.15, 0.2) is 42.6 Å². The lowest BCUT2D eigenvalue weighted by Crippen LogP contribution is -1.95. The maximum absolute atomic E-state index is 6.08. The van der Waals surface area contributed by atoms with E-state index in [1.54, 1.807) is 17.7 Å². The van der Waals surface area contributed by atoms with Crippen molar-refractivity contribution in [1.82, 2.24) is 14.6 Å². The minimum Gasteiger partial charge on any atom is -0.496 e. The van der Waals surface area contributed by atoms with Crippen LogP contribution in [0.5, 0.6) is 5.75 Å². The molecule has 1 aromatic carbocycles. The molecule has 0 radical (unpaired) electrons. The van der Waals surface area contributed by atoms with Crippen LogP contribution >= 0.6 is 11.6 Å². The molecule has 4 nitrogen and oxygen atoms in total. The number of hydrogen-bond donors (Lipinski definition) is 0. The van der Waals surface area contributed by atoms with Crippen molar-refractivity contribution < 1.29 is 4.74 Å². The van der Waals surface area contributed by atoms with Gasteiger partial charge >= 0.3 is 0 Å². The van der Waals surface area contributed by atoms with Crippen LogP contribution in [-0.4, -0.2) is 21.7 Å². The number of methoxy groups -OCH3 is 1. The van der Waals surface area contributed by atoms with Gasteiger partial charge in [-0.3, -0.25) is 0 Å². The predicted octanol–water partition coefficient (Wildman–Crippen LogP) is 2.98. The van der Waals surface area contributed by atoms with E-state index in [0.29, 0.717) is 17.1 Å². The number of benzene rings is 1. The summed E-state index contributed by atoms with van der Waals surface area (Å²) < 4.78 is 7.01. The average Bonchev–Trinajstić information content (AvgIpc) is 2.83. The highest BCUT2D eigenvalue weighted by atomic mass is 35.5. The summed E-state index contributed by atoms with van der Waals surface area (Å²) in [7, 11) is 1.66. The maximum atomic E-state index is 6.08. The van der Waals surface area contributed by atoms with E-state index >= 15 is 0 Å². The quantitative estimate of drug-likeness (QED) is 0.736. The van der Waals surface area contributed by atoms with Gasteiger partial charge in [-0.1, -0.05) is 29.8 Å². The smallest absolute Gasteiger partial charge is 0.174 e. The number of pyridine rings is 1. The molecule has 0 amide bonds. The van der Waals surface area contributed by atoms with Crippen molar-refractivity contribution in [3.05, 3.63) is 59.0 Å². The lowest BCUT2D eigenvalue weighted by atomic mass is 10.1. The molecule has 0 N–H and O–H groups in total. The molecular weight excluding hydrogens is 262 g/mol. The van der Waals surface area contributed by atoms with E-state index in [9.17, 15) is 0 Å². The number of nitrogens with zero attached hydrogens (tertiary/aromatic N) is 3. The number of ether oxygens (including phenoxy) is 1. The summed E-state index contributed by atoms with van der Waals surface area (Å²) in [5.41, 5.74) is 1.73. The number of rotatable bonds is 3. The number of aromatic nitrogens is 3. The summed E-state index contributed by atoms with van der Waals surface area (Å²) in [4.78, 5) is 4.45. The van der Waals surface area contributed by atoms with Crippen LogP contribution in [-0.2, 0) is 6.42 Å². The van der Waals surface area contributed by atoms with E-state index in [1.807, 2.05) is 36.5 Å². The molecule has 0 saturated heterocycles. The van der Waals surface area contributed by atoms with E-state index < -0.39 is 0 Å². The third-order valence-corrected chi connectivity index (χ3v) is 3.19. The third-order valence-electron chi connectivity index (χ3n) is 2.90. The fourth-order valence-electron chi connectivity index (χ4n) is 2.01. The number of halogens is 1. The van der Waals surface area contributed by atoms with Crippen molar-refractivity contribution in [2.24, 2.45) is 0 Å². The largest absolute Gasteiger partial charge is 0.496 e. The zero-order valence-corrected chi connectivity index (χ0v) is 11.1. The second kappa shape index (κ2) is 4.90. The molecule has 5 heteroatoms. The van der Waals surface area contributed by atoms with Crippen LogP contribution < -0.4 is 4.74 Å². The summed E-state index contributed by atoms with van der Waals surface area (Å²) in [6.07, 6.45) is 2.45. The predicted molar refractivity (Wildman–Crippen MR) is 73.8 cm³/mol. The van der Waals surface area contributed by atoms with Crippen molar-refractivity contribution >= 4 is 17.2 Å². The summed E-state index contributed by atoms with van der Waals surface area (Å²) in [6, 6.07) is 11.5. The van der Waals surface area contributed by atoms with Gasteiger partial charge in [-0.25, -0.2) is 9.50 Å². The molecule has 0 aliphatic carbocycles. The van der Waals surface area contributed by atoms with E-state index in [2.05, 4.69) is 10.1 Å². The molecule has 3 rings (SSSR count). The highest BCUT2D eigenvalue weighted by molar-refractivity contribution is 6.33. The SMILES string of the molecule is COc1ccccc1Cc1nc2c(Cl)cccn2n1. The molecule has 0 spiro atoms.